The minimum Gasteiger partial charge on any atom is -0.324 e. The van der Waals surface area contributed by atoms with Gasteiger partial charge in [-0.2, -0.15) is 5.10 Å². The van der Waals surface area contributed by atoms with E-state index in [1.54, 1.807) is 12.4 Å². The maximum absolute atomic E-state index is 12.9. The van der Waals surface area contributed by atoms with Crippen LogP contribution < -0.4 is 10.6 Å². The van der Waals surface area contributed by atoms with Gasteiger partial charge in [-0.1, -0.05) is 12.5 Å². The molecule has 1 saturated heterocycles. The van der Waals surface area contributed by atoms with E-state index in [1.165, 1.54) is 30.4 Å². The van der Waals surface area contributed by atoms with Crippen LogP contribution in [0.3, 0.4) is 0 Å². The molecule has 1 spiro atoms. The number of likely N-dealkylation sites (tertiary alicyclic amines) is 1. The van der Waals surface area contributed by atoms with E-state index in [-0.39, 0.29) is 11.6 Å². The molecule has 1 aliphatic heterocycles. The molecule has 37 heavy (non-hydrogen) atoms. The Kier molecular flexibility index (Phi) is 6.68. The van der Waals surface area contributed by atoms with Crippen molar-refractivity contribution >= 4 is 23.4 Å². The van der Waals surface area contributed by atoms with E-state index in [4.69, 9.17) is 5.10 Å². The maximum atomic E-state index is 12.9. The van der Waals surface area contributed by atoms with Crippen LogP contribution in [0, 0.1) is 19.3 Å². The molecule has 0 unspecified atom stereocenters. The molecule has 2 aromatic heterocycles. The number of rotatable bonds is 6. The molecule has 1 saturated carbocycles. The number of carbonyl (C=O) groups excluding carboxylic acids is 1. The fraction of sp³-hybridized carbons (Fsp3) is 0.517. The molecule has 2 N–H and O–H groups in total. The highest BCUT2D eigenvalue weighted by Gasteiger charge is 2.44. The number of anilines is 3. The first-order valence-electron chi connectivity index (χ1n) is 13.4. The second-order valence-corrected chi connectivity index (χ2v) is 11.8. The van der Waals surface area contributed by atoms with Crippen molar-refractivity contribution < 1.29 is 4.79 Å². The molecular formula is C29H39N7O. The SMILES string of the molecule is Cc1ccc(NC(=O)N2CCC3(CCC3)C2)cc1CCc1cc(Nc2nccnc2C)n(C(C)(C)C)n1. The lowest BCUT2D eigenvalue weighted by Crippen LogP contribution is -2.37. The van der Waals surface area contributed by atoms with Crippen LogP contribution in [0.25, 0.3) is 0 Å². The zero-order valence-corrected chi connectivity index (χ0v) is 22.8. The number of hydrogen-bond acceptors (Lipinski definition) is 5. The monoisotopic (exact) mass is 501 g/mol. The zero-order valence-electron chi connectivity index (χ0n) is 22.8. The van der Waals surface area contributed by atoms with E-state index >= 15 is 0 Å². The standard InChI is InChI=1S/C29H39N7O/c1-20-7-9-23(32-27(37)35-16-13-29(19-35)11-6-12-29)17-22(20)8-10-24-18-25(36(34-24)28(3,4)5)33-26-21(2)30-14-15-31-26/h7,9,14-15,17-18H,6,8,10-13,16,19H2,1-5H3,(H,31,33)(H,32,37). The molecule has 2 aliphatic rings. The van der Waals surface area contributed by atoms with Crippen molar-refractivity contribution in [2.75, 3.05) is 23.7 Å². The van der Waals surface area contributed by atoms with Gasteiger partial charge in [-0.25, -0.2) is 14.5 Å². The fourth-order valence-electron chi connectivity index (χ4n) is 5.48. The summed E-state index contributed by atoms with van der Waals surface area (Å²) in [6, 6.07) is 8.35. The van der Waals surface area contributed by atoms with E-state index < -0.39 is 0 Å². The molecule has 2 fully saturated rings. The Morgan fingerprint density at radius 2 is 1.84 bits per heavy atom. The average molecular weight is 502 g/mol. The van der Waals surface area contributed by atoms with Crippen molar-refractivity contribution in [2.45, 2.75) is 78.7 Å². The van der Waals surface area contributed by atoms with Gasteiger partial charge in [0.1, 0.15) is 5.82 Å². The first-order chi connectivity index (χ1) is 17.6. The number of hydrogen-bond donors (Lipinski definition) is 2. The van der Waals surface area contributed by atoms with Crippen molar-refractivity contribution in [2.24, 2.45) is 5.41 Å². The number of aryl methyl sites for hydroxylation is 4. The van der Waals surface area contributed by atoms with E-state index in [0.29, 0.717) is 5.41 Å². The first-order valence-corrected chi connectivity index (χ1v) is 13.4. The Labute approximate surface area is 219 Å². The van der Waals surface area contributed by atoms with Crippen LogP contribution in [0.4, 0.5) is 22.1 Å². The van der Waals surface area contributed by atoms with Crippen LogP contribution in [0.2, 0.25) is 0 Å². The van der Waals surface area contributed by atoms with Crippen LogP contribution in [-0.4, -0.2) is 43.8 Å². The molecule has 3 heterocycles. The summed E-state index contributed by atoms with van der Waals surface area (Å²) in [5, 5.41) is 11.5. The van der Waals surface area contributed by atoms with Crippen molar-refractivity contribution in [1.82, 2.24) is 24.6 Å². The van der Waals surface area contributed by atoms with Crippen LogP contribution in [0.1, 0.15) is 69.0 Å². The normalized spacial score (nSPS) is 16.6. The summed E-state index contributed by atoms with van der Waals surface area (Å²) in [7, 11) is 0. The van der Waals surface area contributed by atoms with Gasteiger partial charge in [-0.15, -0.1) is 0 Å². The summed E-state index contributed by atoms with van der Waals surface area (Å²) >= 11 is 0. The molecule has 0 bridgehead atoms. The molecule has 1 aromatic carbocycles. The number of nitrogens with one attached hydrogen (secondary N) is 2. The van der Waals surface area contributed by atoms with E-state index in [1.807, 2.05) is 22.6 Å². The molecule has 1 aliphatic carbocycles. The highest BCUT2D eigenvalue weighted by Crippen LogP contribution is 2.48. The summed E-state index contributed by atoms with van der Waals surface area (Å²) in [4.78, 5) is 23.7. The Hall–Kier alpha value is -3.42. The Balaban J connectivity index is 1.27. The molecule has 2 amide bonds. The minimum absolute atomic E-state index is 0.0255. The summed E-state index contributed by atoms with van der Waals surface area (Å²) in [6.45, 7) is 12.3. The molecule has 8 nitrogen and oxygen atoms in total. The fourth-order valence-corrected chi connectivity index (χ4v) is 5.48. The molecule has 0 radical (unpaired) electrons. The molecular weight excluding hydrogens is 462 g/mol. The van der Waals surface area contributed by atoms with Crippen molar-refractivity contribution in [3.05, 3.63) is 59.2 Å². The second kappa shape index (κ2) is 9.80. The van der Waals surface area contributed by atoms with Gasteiger partial charge in [-0.3, -0.25) is 4.98 Å². The highest BCUT2D eigenvalue weighted by molar-refractivity contribution is 5.89. The van der Waals surface area contributed by atoms with Gasteiger partial charge in [0, 0.05) is 37.2 Å². The van der Waals surface area contributed by atoms with Gasteiger partial charge in [0.15, 0.2) is 5.82 Å². The predicted octanol–water partition coefficient (Wildman–Crippen LogP) is 5.98. The Morgan fingerprint density at radius 1 is 1.05 bits per heavy atom. The Morgan fingerprint density at radius 3 is 2.51 bits per heavy atom. The van der Waals surface area contributed by atoms with E-state index in [9.17, 15) is 4.79 Å². The number of urea groups is 1. The number of carbonyl (C=O) groups is 1. The summed E-state index contributed by atoms with van der Waals surface area (Å²) < 4.78 is 2.02. The van der Waals surface area contributed by atoms with Crippen molar-refractivity contribution in [3.8, 4) is 0 Å². The summed E-state index contributed by atoms with van der Waals surface area (Å²) in [5.41, 5.74) is 5.38. The lowest BCUT2D eigenvalue weighted by Gasteiger charge is -2.37. The summed E-state index contributed by atoms with van der Waals surface area (Å²) in [5.74, 6) is 1.64. The average Bonchev–Trinajstić information content (AvgIpc) is 3.46. The lowest BCUT2D eigenvalue weighted by atomic mass is 9.68. The lowest BCUT2D eigenvalue weighted by molar-refractivity contribution is 0.144. The van der Waals surface area contributed by atoms with Crippen LogP contribution >= 0.6 is 0 Å². The molecule has 8 heteroatoms. The largest absolute Gasteiger partial charge is 0.324 e. The topological polar surface area (TPSA) is 88.0 Å². The quantitative estimate of drug-likeness (QED) is 0.434. The van der Waals surface area contributed by atoms with Gasteiger partial charge in [0.2, 0.25) is 0 Å². The van der Waals surface area contributed by atoms with Crippen LogP contribution in [0.15, 0.2) is 36.7 Å². The molecule has 5 rings (SSSR count). The third kappa shape index (κ3) is 5.48. The Bertz CT molecular complexity index is 1290. The maximum Gasteiger partial charge on any atom is 0.321 e. The molecule has 3 aromatic rings. The van der Waals surface area contributed by atoms with Crippen LogP contribution in [0.5, 0.6) is 0 Å². The van der Waals surface area contributed by atoms with Gasteiger partial charge >= 0.3 is 6.03 Å². The number of amides is 2. The number of aromatic nitrogens is 4. The first kappa shape index (κ1) is 25.2. The minimum atomic E-state index is -0.190. The van der Waals surface area contributed by atoms with Crippen molar-refractivity contribution in [1.29, 1.82) is 0 Å². The number of benzene rings is 1. The molecule has 0 atom stereocenters. The predicted molar refractivity (Wildman–Crippen MR) is 147 cm³/mol. The third-order valence-corrected chi connectivity index (χ3v) is 7.91. The van der Waals surface area contributed by atoms with Crippen LogP contribution in [-0.2, 0) is 18.4 Å². The van der Waals surface area contributed by atoms with E-state index in [2.05, 4.69) is 66.5 Å². The highest BCUT2D eigenvalue weighted by atomic mass is 16.2. The van der Waals surface area contributed by atoms with Gasteiger partial charge < -0.3 is 15.5 Å². The number of nitrogens with zero attached hydrogens (tertiary/aromatic N) is 5. The zero-order chi connectivity index (χ0) is 26.2. The van der Waals surface area contributed by atoms with E-state index in [0.717, 1.165) is 61.1 Å². The van der Waals surface area contributed by atoms with Gasteiger partial charge in [0.25, 0.3) is 0 Å². The van der Waals surface area contributed by atoms with Gasteiger partial charge in [-0.05, 0) is 95.4 Å². The summed E-state index contributed by atoms with van der Waals surface area (Å²) in [6.07, 6.45) is 10.0. The molecule has 196 valence electrons. The third-order valence-electron chi connectivity index (χ3n) is 7.91. The smallest absolute Gasteiger partial charge is 0.321 e. The van der Waals surface area contributed by atoms with Gasteiger partial charge in [0.05, 0.1) is 16.9 Å². The van der Waals surface area contributed by atoms with Crippen molar-refractivity contribution in [3.63, 3.8) is 0 Å². The second-order valence-electron chi connectivity index (χ2n) is 11.8.